The van der Waals surface area contributed by atoms with Crippen LogP contribution in [-0.2, 0) is 0 Å². The summed E-state index contributed by atoms with van der Waals surface area (Å²) < 4.78 is 6.30. The fourth-order valence-electron chi connectivity index (χ4n) is 4.79. The van der Waals surface area contributed by atoms with E-state index >= 15 is 0 Å². The van der Waals surface area contributed by atoms with Crippen molar-refractivity contribution in [2.75, 3.05) is 0 Å². The molecule has 0 atom stereocenters. The molecule has 0 radical (unpaired) electrons. The summed E-state index contributed by atoms with van der Waals surface area (Å²) in [6, 6.07) is 40.2. The Morgan fingerprint density at radius 2 is 1.11 bits per heavy atom. The van der Waals surface area contributed by atoms with Crippen LogP contribution in [0.5, 0.6) is 0 Å². The molecule has 0 amide bonds. The van der Waals surface area contributed by atoms with E-state index in [1.165, 1.54) is 0 Å². The molecular formula is C33H20ClN3O. The Labute approximate surface area is 224 Å². The third-order valence-corrected chi connectivity index (χ3v) is 6.92. The molecule has 4 nitrogen and oxygen atoms in total. The molecule has 0 aliphatic rings. The molecule has 5 heteroatoms. The zero-order valence-corrected chi connectivity index (χ0v) is 20.9. The van der Waals surface area contributed by atoms with Gasteiger partial charge >= 0.3 is 0 Å². The van der Waals surface area contributed by atoms with E-state index in [4.69, 9.17) is 31.0 Å². The minimum Gasteiger partial charge on any atom is -0.455 e. The molecule has 7 rings (SSSR count). The predicted molar refractivity (Wildman–Crippen MR) is 154 cm³/mol. The first-order chi connectivity index (χ1) is 18.7. The van der Waals surface area contributed by atoms with Crippen LogP contribution in [0.3, 0.4) is 0 Å². The second kappa shape index (κ2) is 9.25. The Kier molecular flexibility index (Phi) is 5.46. The molecule has 180 valence electrons. The highest BCUT2D eigenvalue weighted by molar-refractivity contribution is 6.37. The van der Waals surface area contributed by atoms with E-state index in [0.29, 0.717) is 28.1 Å². The van der Waals surface area contributed by atoms with Gasteiger partial charge in [0.05, 0.1) is 10.6 Å². The molecule has 0 saturated heterocycles. The van der Waals surface area contributed by atoms with Crippen molar-refractivity contribution in [3.63, 3.8) is 0 Å². The van der Waals surface area contributed by atoms with Gasteiger partial charge in [-0.1, -0.05) is 109 Å². The highest BCUT2D eigenvalue weighted by Gasteiger charge is 2.18. The molecular weight excluding hydrogens is 490 g/mol. The number of hydrogen-bond donors (Lipinski definition) is 0. The molecule has 0 bridgehead atoms. The molecule has 5 aromatic carbocycles. The summed E-state index contributed by atoms with van der Waals surface area (Å²) in [5, 5.41) is 2.47. The number of furan rings is 1. The molecule has 2 heterocycles. The maximum Gasteiger partial charge on any atom is 0.167 e. The van der Waals surface area contributed by atoms with Crippen molar-refractivity contribution in [2.45, 2.75) is 0 Å². The van der Waals surface area contributed by atoms with Crippen molar-refractivity contribution in [3.8, 4) is 45.3 Å². The highest BCUT2D eigenvalue weighted by atomic mass is 35.5. The molecule has 0 aliphatic carbocycles. The lowest BCUT2D eigenvalue weighted by Gasteiger charge is -2.10. The van der Waals surface area contributed by atoms with Crippen molar-refractivity contribution < 1.29 is 4.42 Å². The Morgan fingerprint density at radius 1 is 0.500 bits per heavy atom. The number of rotatable bonds is 4. The number of hydrogen-bond acceptors (Lipinski definition) is 4. The van der Waals surface area contributed by atoms with E-state index < -0.39 is 0 Å². The topological polar surface area (TPSA) is 51.8 Å². The minimum absolute atomic E-state index is 0.541. The average molecular weight is 510 g/mol. The number of para-hydroxylation sites is 1. The second-order valence-corrected chi connectivity index (χ2v) is 9.42. The third kappa shape index (κ3) is 3.92. The largest absolute Gasteiger partial charge is 0.455 e. The molecule has 0 N–H and O–H groups in total. The minimum atomic E-state index is 0.541. The first-order valence-corrected chi connectivity index (χ1v) is 12.7. The summed E-state index contributed by atoms with van der Waals surface area (Å²) in [5.41, 5.74) is 6.27. The van der Waals surface area contributed by atoms with Gasteiger partial charge in [0, 0.05) is 21.9 Å². The maximum absolute atomic E-state index is 6.55. The van der Waals surface area contributed by atoms with E-state index in [9.17, 15) is 0 Å². The molecule has 38 heavy (non-hydrogen) atoms. The van der Waals surface area contributed by atoms with E-state index in [0.717, 1.165) is 44.2 Å². The van der Waals surface area contributed by atoms with Crippen molar-refractivity contribution >= 4 is 33.5 Å². The van der Waals surface area contributed by atoms with Gasteiger partial charge in [0.25, 0.3) is 0 Å². The van der Waals surface area contributed by atoms with Crippen LogP contribution in [-0.4, -0.2) is 15.0 Å². The lowest BCUT2D eigenvalue weighted by atomic mass is 10.0. The van der Waals surface area contributed by atoms with Crippen LogP contribution in [0.2, 0.25) is 5.02 Å². The van der Waals surface area contributed by atoms with Gasteiger partial charge in [0.1, 0.15) is 11.2 Å². The predicted octanol–water partition coefficient (Wildman–Crippen LogP) is 9.09. The van der Waals surface area contributed by atoms with Crippen LogP contribution in [0, 0.1) is 0 Å². The molecule has 0 unspecified atom stereocenters. The zero-order chi connectivity index (χ0) is 25.5. The van der Waals surface area contributed by atoms with Crippen LogP contribution < -0.4 is 0 Å². The van der Waals surface area contributed by atoms with Gasteiger partial charge in [-0.2, -0.15) is 0 Å². The Balaban J connectivity index is 1.46. The van der Waals surface area contributed by atoms with Crippen LogP contribution in [0.1, 0.15) is 0 Å². The summed E-state index contributed by atoms with van der Waals surface area (Å²) in [5.74, 6) is 1.74. The van der Waals surface area contributed by atoms with Gasteiger partial charge in [0.2, 0.25) is 0 Å². The Hall–Kier alpha value is -4.80. The number of halogens is 1. The van der Waals surface area contributed by atoms with Gasteiger partial charge in [-0.3, -0.25) is 0 Å². The monoisotopic (exact) mass is 509 g/mol. The Bertz CT molecular complexity index is 1930. The first-order valence-electron chi connectivity index (χ1n) is 12.3. The lowest BCUT2D eigenvalue weighted by Crippen LogP contribution is -2.00. The molecule has 0 fully saturated rings. The second-order valence-electron chi connectivity index (χ2n) is 9.02. The van der Waals surface area contributed by atoms with Crippen molar-refractivity contribution in [1.82, 2.24) is 15.0 Å². The summed E-state index contributed by atoms with van der Waals surface area (Å²) in [6.07, 6.45) is 0. The van der Waals surface area contributed by atoms with Crippen LogP contribution in [0.25, 0.3) is 67.2 Å². The van der Waals surface area contributed by atoms with Crippen molar-refractivity contribution in [2.24, 2.45) is 0 Å². The number of nitrogens with zero attached hydrogens (tertiary/aromatic N) is 3. The lowest BCUT2D eigenvalue weighted by molar-refractivity contribution is 0.669. The van der Waals surface area contributed by atoms with Gasteiger partial charge in [-0.05, 0) is 35.4 Å². The summed E-state index contributed by atoms with van der Waals surface area (Å²) in [7, 11) is 0. The van der Waals surface area contributed by atoms with Gasteiger partial charge in [-0.25, -0.2) is 15.0 Å². The van der Waals surface area contributed by atoms with Gasteiger partial charge in [-0.15, -0.1) is 0 Å². The highest BCUT2D eigenvalue weighted by Crippen LogP contribution is 2.38. The number of benzene rings is 5. The molecule has 2 aromatic heterocycles. The van der Waals surface area contributed by atoms with Crippen LogP contribution >= 0.6 is 11.6 Å². The molecule has 0 aliphatic heterocycles. The molecule has 7 aromatic rings. The average Bonchev–Trinajstić information content (AvgIpc) is 3.38. The maximum atomic E-state index is 6.55. The smallest absolute Gasteiger partial charge is 0.167 e. The SMILES string of the molecule is Clc1cccc2oc3c(-c4nc(-c5ccccc5)nc(-c5cccc(-c6ccccc6)c5)n4)cccc3c12. The van der Waals surface area contributed by atoms with Crippen LogP contribution in [0.4, 0.5) is 0 Å². The number of fused-ring (bicyclic) bond motifs is 3. The first kappa shape index (κ1) is 22.4. The van der Waals surface area contributed by atoms with Crippen molar-refractivity contribution in [1.29, 1.82) is 0 Å². The van der Waals surface area contributed by atoms with E-state index in [-0.39, 0.29) is 0 Å². The zero-order valence-electron chi connectivity index (χ0n) is 20.2. The van der Waals surface area contributed by atoms with Gasteiger partial charge < -0.3 is 4.42 Å². The standard InChI is InChI=1S/C33H20ClN3O/c34-27-18-9-19-28-29(27)25-16-8-17-26(30(25)38-28)33-36-31(22-12-5-2-6-13-22)35-32(37-33)24-15-7-14-23(20-24)21-10-3-1-4-11-21/h1-20H. The third-order valence-electron chi connectivity index (χ3n) is 6.61. The fraction of sp³-hybridized carbons (Fsp3) is 0. The molecule has 0 spiro atoms. The fourth-order valence-corrected chi connectivity index (χ4v) is 5.06. The summed E-state index contributed by atoms with van der Waals surface area (Å²) >= 11 is 6.55. The summed E-state index contributed by atoms with van der Waals surface area (Å²) in [4.78, 5) is 14.8. The summed E-state index contributed by atoms with van der Waals surface area (Å²) in [6.45, 7) is 0. The van der Waals surface area contributed by atoms with E-state index in [1.807, 2.05) is 97.1 Å². The van der Waals surface area contributed by atoms with Gasteiger partial charge in [0.15, 0.2) is 17.5 Å². The normalized spacial score (nSPS) is 11.3. The Morgan fingerprint density at radius 3 is 1.89 bits per heavy atom. The van der Waals surface area contributed by atoms with Crippen LogP contribution in [0.15, 0.2) is 126 Å². The number of aromatic nitrogens is 3. The quantitative estimate of drug-likeness (QED) is 0.237. The molecule has 0 saturated carbocycles. The van der Waals surface area contributed by atoms with E-state index in [2.05, 4.69) is 24.3 Å². The van der Waals surface area contributed by atoms with Crippen molar-refractivity contribution in [3.05, 3.63) is 126 Å². The van der Waals surface area contributed by atoms with E-state index in [1.54, 1.807) is 0 Å².